The summed E-state index contributed by atoms with van der Waals surface area (Å²) in [5, 5.41) is 10.9. The Morgan fingerprint density at radius 1 is 1.46 bits per heavy atom. The molecule has 1 aromatic heterocycles. The number of benzene rings is 1. The molecular weight excluding hydrogens is 343 g/mol. The molecule has 0 spiro atoms. The van der Waals surface area contributed by atoms with Crippen LogP contribution in [0.4, 0.5) is 10.1 Å². The SMILES string of the molecule is CN1COc2c(N3CC[C@@](C)(N)C3)c(F)cc3c(=O)c(C(=O)O)cn1c23. The van der Waals surface area contributed by atoms with E-state index in [2.05, 4.69) is 0 Å². The van der Waals surface area contributed by atoms with E-state index in [4.69, 9.17) is 10.5 Å². The van der Waals surface area contributed by atoms with Gasteiger partial charge in [-0.25, -0.2) is 9.18 Å². The smallest absolute Gasteiger partial charge is 0.341 e. The molecule has 3 heterocycles. The van der Waals surface area contributed by atoms with E-state index in [0.29, 0.717) is 25.0 Å². The van der Waals surface area contributed by atoms with Crippen molar-refractivity contribution in [1.82, 2.24) is 4.68 Å². The first-order chi connectivity index (χ1) is 12.2. The van der Waals surface area contributed by atoms with Crippen LogP contribution in [0.3, 0.4) is 0 Å². The number of carboxylic acids is 1. The second kappa shape index (κ2) is 5.34. The van der Waals surface area contributed by atoms with Crippen molar-refractivity contribution in [1.29, 1.82) is 0 Å². The lowest BCUT2D eigenvalue weighted by Gasteiger charge is -2.33. The zero-order valence-electron chi connectivity index (χ0n) is 14.5. The van der Waals surface area contributed by atoms with E-state index in [1.165, 1.54) is 10.9 Å². The lowest BCUT2D eigenvalue weighted by atomic mass is 10.0. The van der Waals surface area contributed by atoms with Crippen LogP contribution >= 0.6 is 0 Å². The van der Waals surface area contributed by atoms with Crippen LogP contribution in [0.5, 0.6) is 5.75 Å². The van der Waals surface area contributed by atoms with Gasteiger partial charge in [-0.2, -0.15) is 0 Å². The third-order valence-electron chi connectivity index (χ3n) is 4.97. The summed E-state index contributed by atoms with van der Waals surface area (Å²) >= 11 is 0. The highest BCUT2D eigenvalue weighted by Gasteiger charge is 2.35. The molecule has 0 saturated carbocycles. The number of carbonyl (C=O) groups is 1. The third kappa shape index (κ3) is 2.31. The Morgan fingerprint density at radius 2 is 2.19 bits per heavy atom. The van der Waals surface area contributed by atoms with Gasteiger partial charge in [0.15, 0.2) is 18.3 Å². The van der Waals surface area contributed by atoms with Gasteiger partial charge in [0.1, 0.15) is 16.8 Å². The molecule has 1 fully saturated rings. The maximum absolute atomic E-state index is 15.0. The number of hydrogen-bond acceptors (Lipinski definition) is 6. The highest BCUT2D eigenvalue weighted by atomic mass is 19.1. The molecule has 2 aliphatic rings. The normalized spacial score (nSPS) is 22.0. The summed E-state index contributed by atoms with van der Waals surface area (Å²) in [5.41, 5.74) is 5.20. The van der Waals surface area contributed by atoms with Gasteiger partial charge in [0, 0.05) is 31.9 Å². The van der Waals surface area contributed by atoms with Crippen molar-refractivity contribution >= 4 is 22.6 Å². The van der Waals surface area contributed by atoms with Gasteiger partial charge in [-0.15, -0.1) is 0 Å². The van der Waals surface area contributed by atoms with Gasteiger partial charge >= 0.3 is 5.97 Å². The van der Waals surface area contributed by atoms with E-state index in [-0.39, 0.29) is 23.6 Å². The Morgan fingerprint density at radius 3 is 2.81 bits per heavy atom. The highest BCUT2D eigenvalue weighted by Crippen LogP contribution is 2.41. The summed E-state index contributed by atoms with van der Waals surface area (Å²) in [6, 6.07) is 1.09. The fourth-order valence-corrected chi connectivity index (χ4v) is 3.65. The number of hydrogen-bond donors (Lipinski definition) is 2. The Hall–Kier alpha value is -2.81. The van der Waals surface area contributed by atoms with Crippen LogP contribution in [-0.2, 0) is 0 Å². The molecule has 26 heavy (non-hydrogen) atoms. The molecule has 2 aliphatic heterocycles. The van der Waals surface area contributed by atoms with Crippen molar-refractivity contribution in [3.05, 3.63) is 33.9 Å². The first-order valence-electron chi connectivity index (χ1n) is 8.23. The predicted molar refractivity (Wildman–Crippen MR) is 94.2 cm³/mol. The largest absolute Gasteiger partial charge is 0.477 e. The monoisotopic (exact) mass is 362 g/mol. The van der Waals surface area contributed by atoms with Crippen molar-refractivity contribution in [3.63, 3.8) is 0 Å². The Balaban J connectivity index is 2.04. The van der Waals surface area contributed by atoms with Crippen molar-refractivity contribution < 1.29 is 19.0 Å². The topological polar surface area (TPSA) is 101 Å². The number of aromatic carboxylic acids is 1. The van der Waals surface area contributed by atoms with E-state index < -0.39 is 28.3 Å². The average Bonchev–Trinajstić information content (AvgIpc) is 2.91. The minimum absolute atomic E-state index is 0.0255. The van der Waals surface area contributed by atoms with Gasteiger partial charge in [0.2, 0.25) is 5.43 Å². The molecule has 0 unspecified atom stereocenters. The maximum atomic E-state index is 15.0. The molecule has 0 bridgehead atoms. The summed E-state index contributed by atoms with van der Waals surface area (Å²) in [7, 11) is 1.69. The number of aromatic nitrogens is 1. The van der Waals surface area contributed by atoms with Crippen LogP contribution in [0.1, 0.15) is 23.7 Å². The molecule has 1 saturated heterocycles. The number of anilines is 1. The van der Waals surface area contributed by atoms with E-state index in [1.54, 1.807) is 12.1 Å². The summed E-state index contributed by atoms with van der Waals surface area (Å²) < 4.78 is 22.2. The molecule has 8 nitrogen and oxygen atoms in total. The van der Waals surface area contributed by atoms with E-state index >= 15 is 0 Å². The molecule has 0 amide bonds. The molecule has 9 heteroatoms. The number of nitrogens with zero attached hydrogens (tertiary/aromatic N) is 3. The number of carboxylic acid groups (broad SMARTS) is 1. The van der Waals surface area contributed by atoms with Gasteiger partial charge in [-0.1, -0.05) is 0 Å². The molecular formula is C17H19FN4O4. The van der Waals surface area contributed by atoms with Crippen molar-refractivity contribution in [3.8, 4) is 5.75 Å². The number of nitrogens with two attached hydrogens (primary N) is 1. The number of halogens is 1. The van der Waals surface area contributed by atoms with Crippen LogP contribution < -0.4 is 25.8 Å². The summed E-state index contributed by atoms with van der Waals surface area (Å²) in [6.45, 7) is 3.02. The third-order valence-corrected chi connectivity index (χ3v) is 4.97. The minimum atomic E-state index is -1.36. The van der Waals surface area contributed by atoms with Gasteiger partial charge in [-0.05, 0) is 19.4 Å². The molecule has 2 aromatic rings. The first kappa shape index (κ1) is 16.6. The molecule has 0 radical (unpaired) electrons. The zero-order valence-corrected chi connectivity index (χ0v) is 14.5. The second-order valence-corrected chi connectivity index (χ2v) is 7.21. The second-order valence-electron chi connectivity index (χ2n) is 7.21. The standard InChI is InChI=1S/C17H19FN4O4/c1-17(19)3-4-21(7-17)13-11(18)5-9-12-15(13)26-8-20(2)22(12)6-10(14(9)23)16(24)25/h5-6H,3-4,7-8,19H2,1-2H3,(H,24,25)/t17-/m1/s1. The van der Waals surface area contributed by atoms with E-state index in [1.807, 2.05) is 11.8 Å². The van der Waals surface area contributed by atoms with Crippen LogP contribution in [0, 0.1) is 5.82 Å². The maximum Gasteiger partial charge on any atom is 0.341 e. The van der Waals surface area contributed by atoms with Crippen LogP contribution in [0.25, 0.3) is 10.9 Å². The molecule has 3 N–H and O–H groups in total. The number of rotatable bonds is 2. The van der Waals surface area contributed by atoms with Gasteiger partial charge in [-0.3, -0.25) is 14.5 Å². The van der Waals surface area contributed by atoms with Gasteiger partial charge in [0.25, 0.3) is 0 Å². The average molecular weight is 362 g/mol. The van der Waals surface area contributed by atoms with Gasteiger partial charge in [0.05, 0.1) is 5.39 Å². The predicted octanol–water partition coefficient (Wildman–Crippen LogP) is 0.684. The highest BCUT2D eigenvalue weighted by molar-refractivity contribution is 5.97. The van der Waals surface area contributed by atoms with Crippen LogP contribution in [-0.4, -0.2) is 48.2 Å². The molecule has 138 valence electrons. The number of ether oxygens (including phenoxy) is 1. The van der Waals surface area contributed by atoms with Gasteiger partial charge < -0.3 is 20.5 Å². The summed E-state index contributed by atoms with van der Waals surface area (Å²) in [4.78, 5) is 25.8. The van der Waals surface area contributed by atoms with E-state index in [9.17, 15) is 19.1 Å². The lowest BCUT2D eigenvalue weighted by molar-refractivity contribution is 0.0694. The quantitative estimate of drug-likeness (QED) is 0.810. The Bertz CT molecular complexity index is 1000. The lowest BCUT2D eigenvalue weighted by Crippen LogP contribution is -2.41. The first-order valence-corrected chi connectivity index (χ1v) is 8.23. The number of pyridine rings is 1. The minimum Gasteiger partial charge on any atom is -0.477 e. The summed E-state index contributed by atoms with van der Waals surface area (Å²) in [5.74, 6) is -1.74. The molecule has 0 aliphatic carbocycles. The molecule has 1 atom stereocenters. The van der Waals surface area contributed by atoms with E-state index in [0.717, 1.165) is 6.07 Å². The Labute approximate surface area is 148 Å². The van der Waals surface area contributed by atoms with Crippen LogP contribution in [0.15, 0.2) is 17.1 Å². The fraction of sp³-hybridized carbons (Fsp3) is 0.412. The van der Waals surface area contributed by atoms with Crippen molar-refractivity contribution in [2.75, 3.05) is 36.8 Å². The van der Waals surface area contributed by atoms with Crippen LogP contribution in [0.2, 0.25) is 0 Å². The van der Waals surface area contributed by atoms with Crippen molar-refractivity contribution in [2.45, 2.75) is 18.9 Å². The molecule has 4 rings (SSSR count). The fourth-order valence-electron chi connectivity index (χ4n) is 3.65. The Kier molecular flexibility index (Phi) is 3.42. The molecule has 1 aromatic carbocycles. The van der Waals surface area contributed by atoms with Crippen molar-refractivity contribution in [2.24, 2.45) is 5.73 Å². The zero-order chi connectivity index (χ0) is 18.8. The summed E-state index contributed by atoms with van der Waals surface area (Å²) in [6.07, 6.45) is 1.95.